The molecule has 2 aliphatic rings. The zero-order chi connectivity index (χ0) is 14.9. The summed E-state index contributed by atoms with van der Waals surface area (Å²) in [5.74, 6) is 0.177. The van der Waals surface area contributed by atoms with E-state index in [1.165, 1.54) is 12.8 Å². The summed E-state index contributed by atoms with van der Waals surface area (Å²) in [6, 6.07) is 7.73. The Kier molecular flexibility index (Phi) is 3.66. The van der Waals surface area contributed by atoms with Gasteiger partial charge >= 0.3 is 0 Å². The monoisotopic (exact) mass is 288 g/mol. The van der Waals surface area contributed by atoms with Crippen LogP contribution in [0, 0.1) is 5.41 Å². The first-order chi connectivity index (χ1) is 10.1. The van der Waals surface area contributed by atoms with E-state index in [4.69, 9.17) is 10.5 Å². The topological polar surface area (TPSA) is 64.3 Å². The fourth-order valence-corrected chi connectivity index (χ4v) is 3.02. The summed E-state index contributed by atoms with van der Waals surface area (Å²) >= 11 is 0. The normalized spacial score (nSPS) is 20.8. The van der Waals surface area contributed by atoms with Gasteiger partial charge < -0.3 is 15.8 Å². The van der Waals surface area contributed by atoms with E-state index in [1.807, 2.05) is 24.3 Å². The number of hydrogen-bond donors (Lipinski definition) is 2. The van der Waals surface area contributed by atoms with Gasteiger partial charge in [-0.3, -0.25) is 4.79 Å². The molecule has 1 amide bonds. The van der Waals surface area contributed by atoms with Crippen LogP contribution in [-0.4, -0.2) is 26.2 Å². The van der Waals surface area contributed by atoms with Crippen LogP contribution in [0.25, 0.3) is 0 Å². The second-order valence-corrected chi connectivity index (χ2v) is 6.63. The average Bonchev–Trinajstić information content (AvgIpc) is 3.39. The molecule has 21 heavy (non-hydrogen) atoms. The van der Waals surface area contributed by atoms with E-state index >= 15 is 0 Å². The van der Waals surface area contributed by atoms with Crippen molar-refractivity contribution in [3.05, 3.63) is 29.8 Å². The number of amides is 1. The maximum atomic E-state index is 12.6. The van der Waals surface area contributed by atoms with Crippen LogP contribution >= 0.6 is 0 Å². The van der Waals surface area contributed by atoms with Crippen molar-refractivity contribution in [3.8, 4) is 0 Å². The number of hydrogen-bond acceptors (Lipinski definition) is 3. The Morgan fingerprint density at radius 3 is 2.43 bits per heavy atom. The summed E-state index contributed by atoms with van der Waals surface area (Å²) in [6.07, 6.45) is 5.32. The summed E-state index contributed by atoms with van der Waals surface area (Å²) in [5, 5.41) is 3.18. The van der Waals surface area contributed by atoms with Crippen molar-refractivity contribution in [2.24, 2.45) is 5.41 Å². The Morgan fingerprint density at radius 2 is 1.90 bits per heavy atom. The smallest absolute Gasteiger partial charge is 0.230 e. The van der Waals surface area contributed by atoms with Gasteiger partial charge in [0.25, 0.3) is 0 Å². The predicted molar refractivity (Wildman–Crippen MR) is 82.9 cm³/mol. The molecule has 4 nitrogen and oxygen atoms in total. The Morgan fingerprint density at radius 1 is 1.24 bits per heavy atom. The minimum Gasteiger partial charge on any atom is -0.399 e. The van der Waals surface area contributed by atoms with Crippen LogP contribution in [-0.2, 0) is 14.9 Å². The number of benzene rings is 1. The fourth-order valence-electron chi connectivity index (χ4n) is 3.02. The van der Waals surface area contributed by atoms with Crippen molar-refractivity contribution >= 4 is 11.6 Å². The van der Waals surface area contributed by atoms with Gasteiger partial charge in [-0.2, -0.15) is 0 Å². The Bertz CT molecular complexity index is 516. The summed E-state index contributed by atoms with van der Waals surface area (Å²) in [6.45, 7) is 1.56. The first-order valence-electron chi connectivity index (χ1n) is 7.74. The van der Waals surface area contributed by atoms with Crippen LogP contribution < -0.4 is 11.1 Å². The largest absolute Gasteiger partial charge is 0.399 e. The van der Waals surface area contributed by atoms with Crippen LogP contribution in [0.15, 0.2) is 24.3 Å². The lowest BCUT2D eigenvalue weighted by molar-refractivity contribution is -0.123. The third kappa shape index (κ3) is 2.91. The summed E-state index contributed by atoms with van der Waals surface area (Å²) in [4.78, 5) is 12.6. The van der Waals surface area contributed by atoms with E-state index in [2.05, 4.69) is 5.32 Å². The molecule has 0 saturated heterocycles. The number of methoxy groups -OCH3 is 1. The lowest BCUT2D eigenvalue weighted by atomic mass is 9.94. The number of anilines is 1. The maximum absolute atomic E-state index is 12.6. The summed E-state index contributed by atoms with van der Waals surface area (Å²) in [5.41, 5.74) is 7.55. The van der Waals surface area contributed by atoms with Gasteiger partial charge in [-0.15, -0.1) is 0 Å². The average molecular weight is 288 g/mol. The third-order valence-electron chi connectivity index (χ3n) is 5.07. The molecule has 0 radical (unpaired) electrons. The molecular weight excluding hydrogens is 264 g/mol. The summed E-state index contributed by atoms with van der Waals surface area (Å²) in [7, 11) is 1.73. The number of carbonyl (C=O) groups is 1. The van der Waals surface area contributed by atoms with Gasteiger partial charge in [0.2, 0.25) is 5.91 Å². The second-order valence-electron chi connectivity index (χ2n) is 6.63. The number of nitrogen functional groups attached to an aromatic ring is 1. The quantitative estimate of drug-likeness (QED) is 0.756. The van der Waals surface area contributed by atoms with E-state index in [1.54, 1.807) is 7.11 Å². The number of carbonyl (C=O) groups excluding carboxylic acids is 1. The van der Waals surface area contributed by atoms with Crippen molar-refractivity contribution in [2.75, 3.05) is 26.0 Å². The SMILES string of the molecule is COCCC1(CNC(=O)C2(c3ccc(N)cc3)CC2)CC1. The molecule has 1 aromatic carbocycles. The van der Waals surface area contributed by atoms with Crippen molar-refractivity contribution in [1.82, 2.24) is 5.32 Å². The number of nitrogens with two attached hydrogens (primary N) is 1. The maximum Gasteiger partial charge on any atom is 0.230 e. The Balaban J connectivity index is 1.59. The summed E-state index contributed by atoms with van der Waals surface area (Å²) < 4.78 is 5.16. The van der Waals surface area contributed by atoms with Crippen molar-refractivity contribution < 1.29 is 9.53 Å². The van der Waals surface area contributed by atoms with Crippen LogP contribution in [0.5, 0.6) is 0 Å². The molecule has 114 valence electrons. The molecule has 0 aromatic heterocycles. The molecule has 0 atom stereocenters. The molecule has 2 saturated carbocycles. The van der Waals surface area contributed by atoms with Gasteiger partial charge in [-0.25, -0.2) is 0 Å². The first kappa shape index (κ1) is 14.4. The Hall–Kier alpha value is -1.55. The van der Waals surface area contributed by atoms with Crippen LogP contribution in [0.2, 0.25) is 0 Å². The highest BCUT2D eigenvalue weighted by Gasteiger charge is 2.52. The number of nitrogens with one attached hydrogen (secondary N) is 1. The van der Waals surface area contributed by atoms with E-state index in [0.717, 1.165) is 43.7 Å². The molecule has 0 aliphatic heterocycles. The minimum absolute atomic E-state index is 0.177. The lowest BCUT2D eigenvalue weighted by Crippen LogP contribution is -2.38. The van der Waals surface area contributed by atoms with Crippen molar-refractivity contribution in [2.45, 2.75) is 37.5 Å². The Labute approximate surface area is 126 Å². The lowest BCUT2D eigenvalue weighted by Gasteiger charge is -2.20. The molecule has 4 heteroatoms. The molecule has 1 aromatic rings. The van der Waals surface area contributed by atoms with E-state index in [9.17, 15) is 4.79 Å². The van der Waals surface area contributed by atoms with Gasteiger partial charge in [0.1, 0.15) is 0 Å². The molecule has 0 bridgehead atoms. The highest BCUT2D eigenvalue weighted by atomic mass is 16.5. The molecular formula is C17H24N2O2. The number of rotatable bonds is 7. The van der Waals surface area contributed by atoms with Crippen molar-refractivity contribution in [1.29, 1.82) is 0 Å². The fraction of sp³-hybridized carbons (Fsp3) is 0.588. The standard InChI is InChI=1S/C17H24N2O2/c1-21-11-10-16(6-7-16)12-19-15(20)17(8-9-17)13-2-4-14(18)5-3-13/h2-5H,6-12,18H2,1H3,(H,19,20). The van der Waals surface area contributed by atoms with E-state index in [0.29, 0.717) is 5.41 Å². The van der Waals surface area contributed by atoms with Gasteiger partial charge in [0.15, 0.2) is 0 Å². The molecule has 0 unspecified atom stereocenters. The van der Waals surface area contributed by atoms with E-state index < -0.39 is 0 Å². The molecule has 0 heterocycles. The minimum atomic E-state index is -0.301. The molecule has 2 fully saturated rings. The molecule has 2 aliphatic carbocycles. The predicted octanol–water partition coefficient (Wildman–Crippen LogP) is 2.23. The van der Waals surface area contributed by atoms with Gasteiger partial charge in [-0.05, 0) is 55.2 Å². The highest BCUT2D eigenvalue weighted by molar-refractivity contribution is 5.91. The zero-order valence-electron chi connectivity index (χ0n) is 12.7. The highest BCUT2D eigenvalue weighted by Crippen LogP contribution is 2.50. The van der Waals surface area contributed by atoms with Crippen LogP contribution in [0.3, 0.4) is 0 Å². The molecule has 0 spiro atoms. The zero-order valence-corrected chi connectivity index (χ0v) is 12.7. The second kappa shape index (κ2) is 5.34. The molecule has 3 rings (SSSR count). The number of ether oxygens (including phenoxy) is 1. The van der Waals surface area contributed by atoms with Gasteiger partial charge in [0, 0.05) is 25.9 Å². The molecule has 3 N–H and O–H groups in total. The van der Waals surface area contributed by atoms with Crippen molar-refractivity contribution in [3.63, 3.8) is 0 Å². The van der Waals surface area contributed by atoms with Crippen LogP contribution in [0.1, 0.15) is 37.7 Å². The van der Waals surface area contributed by atoms with Crippen LogP contribution in [0.4, 0.5) is 5.69 Å². The first-order valence-corrected chi connectivity index (χ1v) is 7.74. The third-order valence-corrected chi connectivity index (χ3v) is 5.07. The van der Waals surface area contributed by atoms with Gasteiger partial charge in [0.05, 0.1) is 5.41 Å². The van der Waals surface area contributed by atoms with E-state index in [-0.39, 0.29) is 11.3 Å². The van der Waals surface area contributed by atoms with Gasteiger partial charge in [-0.1, -0.05) is 12.1 Å².